The number of amides is 1. The van der Waals surface area contributed by atoms with Gasteiger partial charge in [0, 0.05) is 36.3 Å². The zero-order valence-electron chi connectivity index (χ0n) is 13.3. The van der Waals surface area contributed by atoms with Crippen LogP contribution in [0.25, 0.3) is 0 Å². The summed E-state index contributed by atoms with van der Waals surface area (Å²) in [5, 5.41) is 0. The first-order valence-electron chi connectivity index (χ1n) is 7.96. The number of hydrogen-bond acceptors (Lipinski definition) is 2. The molecule has 1 saturated heterocycles. The number of aryl methyl sites for hydroxylation is 1. The van der Waals surface area contributed by atoms with Crippen LogP contribution in [0.2, 0.25) is 0 Å². The van der Waals surface area contributed by atoms with Crippen LogP contribution in [0.1, 0.15) is 11.1 Å². The summed E-state index contributed by atoms with van der Waals surface area (Å²) in [5.74, 6) is 0.209. The standard InChI is InChI=1S/C19H21BrN2O/c1-15-5-4-7-17(13-15)21-9-11-22(12-10-21)19(23)14-16-6-2-3-8-18(16)20/h2-8,13H,9-12,14H2,1H3. The highest BCUT2D eigenvalue weighted by atomic mass is 79.9. The van der Waals surface area contributed by atoms with Crippen molar-refractivity contribution in [3.05, 3.63) is 64.1 Å². The molecule has 0 spiro atoms. The lowest BCUT2D eigenvalue weighted by molar-refractivity contribution is -0.130. The highest BCUT2D eigenvalue weighted by Crippen LogP contribution is 2.20. The van der Waals surface area contributed by atoms with Crippen LogP contribution in [0.15, 0.2) is 53.0 Å². The van der Waals surface area contributed by atoms with Crippen LogP contribution < -0.4 is 4.90 Å². The number of benzene rings is 2. The molecule has 0 aromatic heterocycles. The van der Waals surface area contributed by atoms with E-state index >= 15 is 0 Å². The summed E-state index contributed by atoms with van der Waals surface area (Å²) in [6.07, 6.45) is 0.464. The number of nitrogens with zero attached hydrogens (tertiary/aromatic N) is 2. The zero-order valence-corrected chi connectivity index (χ0v) is 14.9. The number of carbonyl (C=O) groups excluding carboxylic acids is 1. The van der Waals surface area contributed by atoms with Gasteiger partial charge in [-0.15, -0.1) is 0 Å². The molecule has 0 radical (unpaired) electrons. The molecule has 23 heavy (non-hydrogen) atoms. The Labute approximate surface area is 146 Å². The van der Waals surface area contributed by atoms with E-state index in [0.717, 1.165) is 36.2 Å². The van der Waals surface area contributed by atoms with Crippen molar-refractivity contribution >= 4 is 27.5 Å². The normalized spacial score (nSPS) is 14.9. The molecule has 2 aromatic rings. The zero-order chi connectivity index (χ0) is 16.2. The van der Waals surface area contributed by atoms with Crippen LogP contribution in [0.5, 0.6) is 0 Å². The van der Waals surface area contributed by atoms with Gasteiger partial charge in [0.2, 0.25) is 5.91 Å². The molecule has 0 atom stereocenters. The average Bonchev–Trinajstić information content (AvgIpc) is 2.57. The van der Waals surface area contributed by atoms with E-state index < -0.39 is 0 Å². The van der Waals surface area contributed by atoms with Gasteiger partial charge in [0.15, 0.2) is 0 Å². The Morgan fingerprint density at radius 3 is 2.48 bits per heavy atom. The predicted octanol–water partition coefficient (Wildman–Crippen LogP) is 3.65. The Morgan fingerprint density at radius 1 is 1.04 bits per heavy atom. The van der Waals surface area contributed by atoms with Gasteiger partial charge in [0.1, 0.15) is 0 Å². The molecular weight excluding hydrogens is 352 g/mol. The van der Waals surface area contributed by atoms with Crippen molar-refractivity contribution < 1.29 is 4.79 Å². The molecule has 0 unspecified atom stereocenters. The van der Waals surface area contributed by atoms with Gasteiger partial charge in [-0.25, -0.2) is 0 Å². The summed E-state index contributed by atoms with van der Waals surface area (Å²) < 4.78 is 1.01. The van der Waals surface area contributed by atoms with Gasteiger partial charge in [-0.1, -0.05) is 46.3 Å². The Bertz CT molecular complexity index is 693. The molecular formula is C19H21BrN2O. The number of hydrogen-bond donors (Lipinski definition) is 0. The molecule has 1 aliphatic rings. The van der Waals surface area contributed by atoms with E-state index in [1.807, 2.05) is 29.2 Å². The fourth-order valence-corrected chi connectivity index (χ4v) is 3.38. The minimum absolute atomic E-state index is 0.209. The lowest BCUT2D eigenvalue weighted by Crippen LogP contribution is -2.49. The van der Waals surface area contributed by atoms with E-state index in [1.54, 1.807) is 0 Å². The Kier molecular flexibility index (Phi) is 5.01. The maximum atomic E-state index is 12.5. The molecule has 0 aliphatic carbocycles. The summed E-state index contributed by atoms with van der Waals surface area (Å²) >= 11 is 3.52. The van der Waals surface area contributed by atoms with Crippen LogP contribution in [-0.4, -0.2) is 37.0 Å². The topological polar surface area (TPSA) is 23.6 Å². The van der Waals surface area contributed by atoms with Crippen molar-refractivity contribution in [2.75, 3.05) is 31.1 Å². The third-order valence-electron chi connectivity index (χ3n) is 4.30. The average molecular weight is 373 g/mol. The van der Waals surface area contributed by atoms with Crippen molar-refractivity contribution in [3.8, 4) is 0 Å². The smallest absolute Gasteiger partial charge is 0.227 e. The Hall–Kier alpha value is -1.81. The van der Waals surface area contributed by atoms with Crippen LogP contribution in [-0.2, 0) is 11.2 Å². The largest absolute Gasteiger partial charge is 0.368 e. The van der Waals surface area contributed by atoms with E-state index in [2.05, 4.69) is 52.0 Å². The van der Waals surface area contributed by atoms with Crippen LogP contribution in [0.3, 0.4) is 0 Å². The molecule has 4 heteroatoms. The number of anilines is 1. The first kappa shape index (κ1) is 16.1. The third kappa shape index (κ3) is 3.94. The van der Waals surface area contributed by atoms with E-state index in [-0.39, 0.29) is 5.91 Å². The Morgan fingerprint density at radius 2 is 1.78 bits per heavy atom. The summed E-state index contributed by atoms with van der Waals surface area (Å²) in [5.41, 5.74) is 3.58. The second kappa shape index (κ2) is 7.18. The van der Waals surface area contributed by atoms with Crippen LogP contribution in [0, 0.1) is 6.92 Å². The monoisotopic (exact) mass is 372 g/mol. The summed E-state index contributed by atoms with van der Waals surface area (Å²) in [6, 6.07) is 16.5. The molecule has 3 rings (SSSR count). The number of carbonyl (C=O) groups is 1. The number of piperazine rings is 1. The quantitative estimate of drug-likeness (QED) is 0.820. The molecule has 0 bridgehead atoms. The van der Waals surface area contributed by atoms with E-state index in [9.17, 15) is 4.79 Å². The van der Waals surface area contributed by atoms with Gasteiger partial charge in [0.25, 0.3) is 0 Å². The van der Waals surface area contributed by atoms with E-state index in [0.29, 0.717) is 6.42 Å². The van der Waals surface area contributed by atoms with Gasteiger partial charge in [-0.05, 0) is 36.2 Å². The second-order valence-electron chi connectivity index (χ2n) is 5.98. The lowest BCUT2D eigenvalue weighted by Gasteiger charge is -2.36. The maximum absolute atomic E-state index is 12.5. The molecule has 1 heterocycles. The lowest BCUT2D eigenvalue weighted by atomic mass is 10.1. The summed E-state index contributed by atoms with van der Waals surface area (Å²) in [4.78, 5) is 16.8. The molecule has 1 fully saturated rings. The van der Waals surface area contributed by atoms with Crippen molar-refractivity contribution in [3.63, 3.8) is 0 Å². The minimum Gasteiger partial charge on any atom is -0.368 e. The minimum atomic E-state index is 0.209. The van der Waals surface area contributed by atoms with Crippen molar-refractivity contribution in [2.24, 2.45) is 0 Å². The molecule has 3 nitrogen and oxygen atoms in total. The molecule has 1 amide bonds. The Balaban J connectivity index is 1.58. The fourth-order valence-electron chi connectivity index (χ4n) is 2.96. The van der Waals surface area contributed by atoms with Crippen molar-refractivity contribution in [2.45, 2.75) is 13.3 Å². The summed E-state index contributed by atoms with van der Waals surface area (Å²) in [7, 11) is 0. The van der Waals surface area contributed by atoms with Gasteiger partial charge in [-0.3, -0.25) is 4.79 Å². The first-order chi connectivity index (χ1) is 11.1. The molecule has 120 valence electrons. The first-order valence-corrected chi connectivity index (χ1v) is 8.75. The van der Waals surface area contributed by atoms with Gasteiger partial charge >= 0.3 is 0 Å². The van der Waals surface area contributed by atoms with Crippen molar-refractivity contribution in [1.82, 2.24) is 4.90 Å². The van der Waals surface area contributed by atoms with E-state index in [1.165, 1.54) is 11.3 Å². The predicted molar refractivity (Wildman–Crippen MR) is 97.8 cm³/mol. The SMILES string of the molecule is Cc1cccc(N2CCN(C(=O)Cc3ccccc3Br)CC2)c1. The number of halogens is 1. The van der Waals surface area contributed by atoms with Gasteiger partial charge in [0.05, 0.1) is 6.42 Å². The highest BCUT2D eigenvalue weighted by molar-refractivity contribution is 9.10. The van der Waals surface area contributed by atoms with Gasteiger partial charge in [-0.2, -0.15) is 0 Å². The molecule has 1 aliphatic heterocycles. The maximum Gasteiger partial charge on any atom is 0.227 e. The van der Waals surface area contributed by atoms with Gasteiger partial charge < -0.3 is 9.80 Å². The third-order valence-corrected chi connectivity index (χ3v) is 5.07. The fraction of sp³-hybridized carbons (Fsp3) is 0.316. The number of rotatable bonds is 3. The molecule has 0 saturated carbocycles. The highest BCUT2D eigenvalue weighted by Gasteiger charge is 2.21. The second-order valence-corrected chi connectivity index (χ2v) is 6.83. The van der Waals surface area contributed by atoms with E-state index in [4.69, 9.17) is 0 Å². The van der Waals surface area contributed by atoms with Crippen LogP contribution in [0.4, 0.5) is 5.69 Å². The van der Waals surface area contributed by atoms with Crippen LogP contribution >= 0.6 is 15.9 Å². The molecule has 2 aromatic carbocycles. The molecule has 0 N–H and O–H groups in total. The summed E-state index contributed by atoms with van der Waals surface area (Å²) in [6.45, 7) is 5.48. The van der Waals surface area contributed by atoms with Crippen molar-refractivity contribution in [1.29, 1.82) is 0 Å².